The number of nitrogens with one attached hydrogen (secondary N) is 2. The lowest BCUT2D eigenvalue weighted by Crippen LogP contribution is -2.20. The van der Waals surface area contributed by atoms with Crippen molar-refractivity contribution in [3.8, 4) is 17.1 Å². The van der Waals surface area contributed by atoms with Crippen LogP contribution in [-0.2, 0) is 0 Å². The van der Waals surface area contributed by atoms with Gasteiger partial charge in [-0.1, -0.05) is 16.8 Å². The van der Waals surface area contributed by atoms with E-state index in [2.05, 4.69) is 25.5 Å². The fraction of sp³-hybridized carbons (Fsp3) is 0.286. The van der Waals surface area contributed by atoms with Crippen molar-refractivity contribution < 1.29 is 22.4 Å². The van der Waals surface area contributed by atoms with Gasteiger partial charge in [0.25, 0.3) is 5.89 Å². The van der Waals surface area contributed by atoms with Crippen molar-refractivity contribution in [1.29, 1.82) is 0 Å². The van der Waals surface area contributed by atoms with Crippen molar-refractivity contribution in [2.75, 3.05) is 7.05 Å². The summed E-state index contributed by atoms with van der Waals surface area (Å²) >= 11 is 5.88. The third-order valence-corrected chi connectivity index (χ3v) is 2.75. The summed E-state index contributed by atoms with van der Waals surface area (Å²) in [6.07, 6.45) is -3.14. The largest absolute Gasteiger partial charge is 0.573 e. The maximum Gasteiger partial charge on any atom is 0.573 e. The van der Waals surface area contributed by atoms with E-state index in [4.69, 9.17) is 16.1 Å². The minimum Gasteiger partial charge on any atom is -0.406 e. The number of hydrogen-bond acceptors (Lipinski definition) is 6. The molecule has 6 nitrogen and oxygen atoms in total. The summed E-state index contributed by atoms with van der Waals surface area (Å²) in [6.45, 7) is 1.72. The van der Waals surface area contributed by atoms with Gasteiger partial charge in [0.15, 0.2) is 0 Å². The Hall–Kier alpha value is -2.42. The highest BCUT2D eigenvalue weighted by molar-refractivity contribution is 6.20. The van der Waals surface area contributed by atoms with E-state index in [1.807, 2.05) is 0 Å². The SMILES string of the molecule is CN/C=C(\NC(C)Cl)c1nc(-c2ccc(OC(F)(F)F)cc2)no1. The van der Waals surface area contributed by atoms with Crippen LogP contribution in [0, 0.1) is 0 Å². The summed E-state index contributed by atoms with van der Waals surface area (Å²) in [5, 5.41) is 9.54. The van der Waals surface area contributed by atoms with E-state index in [9.17, 15) is 13.2 Å². The molecule has 0 saturated heterocycles. The van der Waals surface area contributed by atoms with Crippen LogP contribution in [0.4, 0.5) is 13.2 Å². The molecule has 2 rings (SSSR count). The van der Waals surface area contributed by atoms with Crippen LogP contribution in [0.25, 0.3) is 17.1 Å². The van der Waals surface area contributed by atoms with Gasteiger partial charge in [-0.25, -0.2) is 0 Å². The van der Waals surface area contributed by atoms with Crippen molar-refractivity contribution >= 4 is 17.3 Å². The average molecular weight is 363 g/mol. The zero-order valence-corrected chi connectivity index (χ0v) is 13.4. The monoisotopic (exact) mass is 362 g/mol. The maximum atomic E-state index is 12.1. The molecule has 0 aliphatic rings. The molecule has 2 aromatic rings. The maximum absolute atomic E-state index is 12.1. The molecule has 0 saturated carbocycles. The van der Waals surface area contributed by atoms with Gasteiger partial charge >= 0.3 is 6.36 Å². The van der Waals surface area contributed by atoms with Crippen LogP contribution in [0.2, 0.25) is 0 Å². The normalized spacial score (nSPS) is 13.5. The molecule has 0 aliphatic heterocycles. The lowest BCUT2D eigenvalue weighted by Gasteiger charge is -2.08. The Morgan fingerprint density at radius 2 is 2.00 bits per heavy atom. The smallest absolute Gasteiger partial charge is 0.406 e. The fourth-order valence-electron chi connectivity index (χ4n) is 1.78. The number of benzene rings is 1. The molecular formula is C14H14ClF3N4O2. The molecule has 1 unspecified atom stereocenters. The minimum absolute atomic E-state index is 0.183. The summed E-state index contributed by atoms with van der Waals surface area (Å²) in [6, 6.07) is 5.13. The second-order valence-electron chi connectivity index (χ2n) is 4.60. The molecule has 24 heavy (non-hydrogen) atoms. The standard InChI is InChI=1S/C14H14ClF3N4O2/c1-8(15)20-11(7-19-2)13-21-12(22-24-13)9-3-5-10(6-4-9)23-14(16,17)18/h3-8,19-20H,1-2H3/b11-7-. The number of hydrogen-bond donors (Lipinski definition) is 2. The Labute approximate surface area is 140 Å². The minimum atomic E-state index is -4.74. The van der Waals surface area contributed by atoms with E-state index >= 15 is 0 Å². The Morgan fingerprint density at radius 3 is 2.54 bits per heavy atom. The summed E-state index contributed by atoms with van der Waals surface area (Å²) < 4.78 is 45.4. The first-order valence-electron chi connectivity index (χ1n) is 6.77. The van der Waals surface area contributed by atoms with E-state index in [0.29, 0.717) is 11.3 Å². The van der Waals surface area contributed by atoms with Gasteiger partial charge in [-0.3, -0.25) is 0 Å². The van der Waals surface area contributed by atoms with Gasteiger partial charge < -0.3 is 19.9 Å². The molecule has 1 atom stereocenters. The van der Waals surface area contributed by atoms with Crippen molar-refractivity contribution in [2.24, 2.45) is 0 Å². The summed E-state index contributed by atoms with van der Waals surface area (Å²) in [7, 11) is 1.69. The van der Waals surface area contributed by atoms with Crippen LogP contribution >= 0.6 is 11.6 Å². The number of aromatic nitrogens is 2. The Balaban J connectivity index is 2.19. The van der Waals surface area contributed by atoms with Crippen molar-refractivity contribution in [3.63, 3.8) is 0 Å². The van der Waals surface area contributed by atoms with Crippen LogP contribution in [-0.4, -0.2) is 29.1 Å². The van der Waals surface area contributed by atoms with E-state index < -0.39 is 6.36 Å². The van der Waals surface area contributed by atoms with Crippen LogP contribution in [0.3, 0.4) is 0 Å². The van der Waals surface area contributed by atoms with E-state index in [1.165, 1.54) is 24.3 Å². The molecule has 1 heterocycles. The van der Waals surface area contributed by atoms with Gasteiger partial charge in [0, 0.05) is 18.8 Å². The number of halogens is 4. The lowest BCUT2D eigenvalue weighted by molar-refractivity contribution is -0.274. The quantitative estimate of drug-likeness (QED) is 0.606. The van der Waals surface area contributed by atoms with E-state index in [-0.39, 0.29) is 23.0 Å². The Bertz CT molecular complexity index is 699. The summed E-state index contributed by atoms with van der Waals surface area (Å²) in [5.74, 6) is 0.0698. The van der Waals surface area contributed by atoms with Gasteiger partial charge in [0.1, 0.15) is 11.4 Å². The summed E-state index contributed by atoms with van der Waals surface area (Å²) in [5.41, 5.74) is 0.580. The second kappa shape index (κ2) is 7.43. The Kier molecular flexibility index (Phi) is 5.55. The van der Waals surface area contributed by atoms with Gasteiger partial charge in [-0.15, -0.1) is 13.2 Å². The molecule has 0 fully saturated rings. The van der Waals surface area contributed by atoms with Gasteiger partial charge in [0.05, 0.1) is 5.50 Å². The molecule has 130 valence electrons. The zero-order valence-electron chi connectivity index (χ0n) is 12.7. The molecule has 1 aromatic heterocycles. The second-order valence-corrected chi connectivity index (χ2v) is 5.26. The average Bonchev–Trinajstić information content (AvgIpc) is 2.95. The molecule has 0 amide bonds. The van der Waals surface area contributed by atoms with Crippen molar-refractivity contribution in [3.05, 3.63) is 36.4 Å². The molecule has 0 spiro atoms. The first-order valence-corrected chi connectivity index (χ1v) is 7.20. The predicted molar refractivity (Wildman–Crippen MR) is 81.9 cm³/mol. The van der Waals surface area contributed by atoms with Crippen molar-refractivity contribution in [1.82, 2.24) is 20.8 Å². The number of rotatable bonds is 6. The van der Waals surface area contributed by atoms with E-state index in [1.54, 1.807) is 20.2 Å². The third kappa shape index (κ3) is 5.05. The molecule has 0 bridgehead atoms. The van der Waals surface area contributed by atoms with Crippen LogP contribution in [0.15, 0.2) is 35.0 Å². The van der Waals surface area contributed by atoms with Crippen molar-refractivity contribution in [2.45, 2.75) is 18.8 Å². The lowest BCUT2D eigenvalue weighted by atomic mass is 10.2. The Morgan fingerprint density at radius 1 is 1.33 bits per heavy atom. The number of ether oxygens (including phenoxy) is 1. The highest BCUT2D eigenvalue weighted by atomic mass is 35.5. The zero-order chi connectivity index (χ0) is 17.7. The van der Waals surface area contributed by atoms with Crippen LogP contribution in [0.1, 0.15) is 12.8 Å². The summed E-state index contributed by atoms with van der Waals surface area (Å²) in [4.78, 5) is 4.19. The first kappa shape index (κ1) is 17.9. The molecule has 2 N–H and O–H groups in total. The number of nitrogens with zero attached hydrogens (tertiary/aromatic N) is 2. The number of alkyl halides is 4. The highest BCUT2D eigenvalue weighted by Gasteiger charge is 2.31. The molecule has 0 radical (unpaired) electrons. The van der Waals surface area contributed by atoms with Gasteiger partial charge in [-0.05, 0) is 31.2 Å². The molecule has 1 aromatic carbocycles. The van der Waals surface area contributed by atoms with Crippen LogP contribution in [0.5, 0.6) is 5.75 Å². The van der Waals surface area contributed by atoms with Gasteiger partial charge in [-0.2, -0.15) is 4.98 Å². The third-order valence-electron chi connectivity index (χ3n) is 2.65. The predicted octanol–water partition coefficient (Wildman–Crippen LogP) is 3.33. The molecular weight excluding hydrogens is 349 g/mol. The highest BCUT2D eigenvalue weighted by Crippen LogP contribution is 2.25. The molecule has 0 aliphatic carbocycles. The topological polar surface area (TPSA) is 72.2 Å². The van der Waals surface area contributed by atoms with Gasteiger partial charge in [0.2, 0.25) is 5.82 Å². The first-order chi connectivity index (χ1) is 11.3. The van der Waals surface area contributed by atoms with E-state index in [0.717, 1.165) is 0 Å². The van der Waals surface area contributed by atoms with Crippen LogP contribution < -0.4 is 15.4 Å². The fourth-order valence-corrected chi connectivity index (χ4v) is 1.90. The molecule has 10 heteroatoms.